The van der Waals surface area contributed by atoms with Crippen LogP contribution in [0.5, 0.6) is 0 Å². The lowest BCUT2D eigenvalue weighted by molar-refractivity contribution is -0.142. The summed E-state index contributed by atoms with van der Waals surface area (Å²) < 4.78 is 1.92. The molecule has 4 amide bonds. The zero-order chi connectivity index (χ0) is 36.6. The van der Waals surface area contributed by atoms with Gasteiger partial charge in [0.05, 0.1) is 6.54 Å². The van der Waals surface area contributed by atoms with E-state index < -0.39 is 54.5 Å². The van der Waals surface area contributed by atoms with Crippen molar-refractivity contribution in [3.05, 3.63) is 18.2 Å². The summed E-state index contributed by atoms with van der Waals surface area (Å²) in [5.74, 6) is -4.67. The molecule has 0 unspecified atom stereocenters. The van der Waals surface area contributed by atoms with E-state index in [2.05, 4.69) is 31.6 Å². The lowest BCUT2D eigenvalue weighted by Gasteiger charge is -2.18. The summed E-state index contributed by atoms with van der Waals surface area (Å²) in [6, 6.07) is -4.78. The Hall–Kier alpha value is -4.74. The molecule has 1 rings (SSSR count). The van der Waals surface area contributed by atoms with Crippen molar-refractivity contribution >= 4 is 41.7 Å². The summed E-state index contributed by atoms with van der Waals surface area (Å²) in [5.41, 5.74) is 0. The molecule has 0 saturated carbocycles. The molecule has 0 fully saturated rings. The number of carboxylic acids is 4. The molecule has 0 aliphatic heterocycles. The number of amides is 4. The Morgan fingerprint density at radius 3 is 1.71 bits per heavy atom. The number of aryl methyl sites for hydroxylation is 1. The predicted octanol–water partition coefficient (Wildman–Crippen LogP) is 0.947. The maximum absolute atomic E-state index is 12.3. The van der Waals surface area contributed by atoms with Crippen LogP contribution in [-0.4, -0.2) is 103 Å². The number of hydrogen-bond donors (Lipinski definition) is 9. The summed E-state index contributed by atoms with van der Waals surface area (Å²) in [6.45, 7) is 1.62. The molecule has 1 aromatic heterocycles. The second-order valence-electron chi connectivity index (χ2n) is 11.7. The Labute approximate surface area is 284 Å². The highest BCUT2D eigenvalue weighted by Crippen LogP contribution is 2.08. The topological polar surface area (TPSA) is 278 Å². The number of aromatic nitrogens is 2. The number of nitrogens with one attached hydrogen (secondary N) is 5. The van der Waals surface area contributed by atoms with E-state index in [4.69, 9.17) is 10.2 Å². The van der Waals surface area contributed by atoms with Crippen LogP contribution in [-0.2, 0) is 42.4 Å². The average molecular weight is 698 g/mol. The van der Waals surface area contributed by atoms with Crippen molar-refractivity contribution in [3.8, 4) is 0 Å². The molecule has 0 aliphatic carbocycles. The molecule has 0 spiro atoms. The summed E-state index contributed by atoms with van der Waals surface area (Å²) >= 11 is 0. The van der Waals surface area contributed by atoms with Crippen molar-refractivity contribution in [3.63, 3.8) is 0 Å². The van der Waals surface area contributed by atoms with Gasteiger partial charge in [-0.05, 0) is 64.3 Å². The van der Waals surface area contributed by atoms with Gasteiger partial charge in [0.15, 0.2) is 0 Å². The van der Waals surface area contributed by atoms with E-state index in [1.165, 1.54) is 0 Å². The van der Waals surface area contributed by atoms with Crippen LogP contribution in [0.3, 0.4) is 0 Å². The van der Waals surface area contributed by atoms with Gasteiger partial charge in [-0.15, -0.1) is 0 Å². The van der Waals surface area contributed by atoms with E-state index in [-0.39, 0.29) is 37.5 Å². The maximum atomic E-state index is 12.3. The zero-order valence-electron chi connectivity index (χ0n) is 27.9. The number of hydrogen-bond acceptors (Lipinski definition) is 9. The fourth-order valence-electron chi connectivity index (χ4n) is 4.74. The summed E-state index contributed by atoms with van der Waals surface area (Å²) in [5, 5.41) is 49.5. The lowest BCUT2D eigenvalue weighted by atomic mass is 10.1. The number of imidazole rings is 1. The van der Waals surface area contributed by atoms with E-state index in [1.54, 1.807) is 6.20 Å². The van der Waals surface area contributed by atoms with Crippen LogP contribution in [0.2, 0.25) is 0 Å². The molecule has 49 heavy (non-hydrogen) atoms. The van der Waals surface area contributed by atoms with Crippen molar-refractivity contribution in [2.75, 3.05) is 13.1 Å². The van der Waals surface area contributed by atoms with Gasteiger partial charge in [0.25, 0.3) is 0 Å². The van der Waals surface area contributed by atoms with Gasteiger partial charge in [0, 0.05) is 45.2 Å². The minimum atomic E-state index is -1.49. The third-order valence-electron chi connectivity index (χ3n) is 7.59. The Morgan fingerprint density at radius 1 is 0.653 bits per heavy atom. The van der Waals surface area contributed by atoms with Gasteiger partial charge in [-0.3, -0.25) is 14.4 Å². The molecule has 0 aromatic carbocycles. The first-order chi connectivity index (χ1) is 23.3. The molecule has 3 atom stereocenters. The second-order valence-corrected chi connectivity index (χ2v) is 11.7. The Kier molecular flexibility index (Phi) is 21.1. The molecule has 0 aliphatic rings. The van der Waals surface area contributed by atoms with Crippen LogP contribution in [0.15, 0.2) is 12.4 Å². The van der Waals surface area contributed by atoms with Crippen LogP contribution >= 0.6 is 0 Å². The Morgan fingerprint density at radius 2 is 1.18 bits per heavy atom. The number of carbonyl (C=O) groups excluding carboxylic acids is 3. The van der Waals surface area contributed by atoms with Crippen molar-refractivity contribution in [2.45, 2.75) is 115 Å². The van der Waals surface area contributed by atoms with Crippen molar-refractivity contribution in [1.82, 2.24) is 36.1 Å². The molecule has 1 heterocycles. The second kappa shape index (κ2) is 24.4. The van der Waals surface area contributed by atoms with Crippen LogP contribution < -0.4 is 26.6 Å². The number of nitrogens with zero attached hydrogens (tertiary/aromatic N) is 2. The van der Waals surface area contributed by atoms with Crippen molar-refractivity contribution in [1.29, 1.82) is 0 Å². The average Bonchev–Trinajstić information content (AvgIpc) is 3.44. The number of urea groups is 1. The van der Waals surface area contributed by atoms with Gasteiger partial charge >= 0.3 is 29.9 Å². The summed E-state index contributed by atoms with van der Waals surface area (Å²) in [4.78, 5) is 85.6. The van der Waals surface area contributed by atoms with Crippen LogP contribution in [0, 0.1) is 0 Å². The van der Waals surface area contributed by atoms with Crippen molar-refractivity contribution < 1.29 is 54.0 Å². The highest BCUT2D eigenvalue weighted by atomic mass is 16.4. The maximum Gasteiger partial charge on any atom is 0.326 e. The normalized spacial score (nSPS) is 12.7. The summed E-state index contributed by atoms with van der Waals surface area (Å²) in [7, 11) is 1.91. The number of aliphatic carboxylic acids is 4. The predicted molar refractivity (Wildman–Crippen MR) is 174 cm³/mol. The van der Waals surface area contributed by atoms with Gasteiger partial charge in [0.1, 0.15) is 23.9 Å². The largest absolute Gasteiger partial charge is 0.481 e. The molecular weight excluding hydrogens is 646 g/mol. The molecule has 9 N–H and O–H groups in total. The number of unbranched alkanes of at least 4 members (excludes halogenated alkanes) is 5. The lowest BCUT2D eigenvalue weighted by Crippen LogP contribution is -2.51. The monoisotopic (exact) mass is 697 g/mol. The molecule has 0 saturated heterocycles. The molecule has 1 aromatic rings. The summed E-state index contributed by atoms with van der Waals surface area (Å²) in [6.07, 6.45) is 8.30. The first-order valence-corrected chi connectivity index (χ1v) is 16.5. The third-order valence-corrected chi connectivity index (χ3v) is 7.59. The van der Waals surface area contributed by atoms with Crippen LogP contribution in [0.1, 0.15) is 95.7 Å². The van der Waals surface area contributed by atoms with Gasteiger partial charge in [-0.2, -0.15) is 0 Å². The van der Waals surface area contributed by atoms with Gasteiger partial charge in [0.2, 0.25) is 11.8 Å². The fraction of sp³-hybridized carbons (Fsp3) is 0.677. The SMILES string of the molecule is Cn1ccnc1CNCCCC[C@H](NC(=O)CCCCCCC(=O)NCCCC[C@H](NC(=O)N[C@@H](CCC(=O)O)C(=O)O)C(=O)O)C(=O)O. The molecule has 18 heteroatoms. The molecule has 276 valence electrons. The molecule has 0 radical (unpaired) electrons. The number of carboxylic acid groups (broad SMARTS) is 4. The minimum absolute atomic E-state index is 0.0248. The Balaban J connectivity index is 2.14. The zero-order valence-corrected chi connectivity index (χ0v) is 27.9. The number of carbonyl (C=O) groups is 7. The smallest absolute Gasteiger partial charge is 0.326 e. The highest BCUT2D eigenvalue weighted by Gasteiger charge is 2.25. The van der Waals surface area contributed by atoms with Crippen molar-refractivity contribution in [2.24, 2.45) is 7.05 Å². The third kappa shape index (κ3) is 20.3. The fourth-order valence-corrected chi connectivity index (χ4v) is 4.74. The Bertz CT molecular complexity index is 1220. The van der Waals surface area contributed by atoms with E-state index >= 15 is 0 Å². The van der Waals surface area contributed by atoms with E-state index in [0.29, 0.717) is 71.0 Å². The first kappa shape index (κ1) is 42.3. The van der Waals surface area contributed by atoms with E-state index in [1.807, 2.05) is 17.8 Å². The standard InChI is InChI=1S/C31H51N7O11/c1-38-19-18-33-24(38)20-32-16-8-6-10-21(28(43)44)35-26(40)13-5-3-2-4-12-25(39)34-17-9-7-11-22(29(45)46)36-31(49)37-23(30(47)48)14-15-27(41)42/h18-19,21-23,32H,2-17,20H2,1H3,(H,34,39)(H,35,40)(H,41,42)(H,43,44)(H,45,46)(H,47,48)(H2,36,37,49)/t21-,22-,23-/m0/s1. The van der Waals surface area contributed by atoms with Gasteiger partial charge in [-0.1, -0.05) is 12.8 Å². The molecular formula is C31H51N7O11. The van der Waals surface area contributed by atoms with Crippen LogP contribution in [0.25, 0.3) is 0 Å². The first-order valence-electron chi connectivity index (χ1n) is 16.5. The molecule has 18 nitrogen and oxygen atoms in total. The van der Waals surface area contributed by atoms with Crippen LogP contribution in [0.4, 0.5) is 4.79 Å². The minimum Gasteiger partial charge on any atom is -0.481 e. The van der Waals surface area contributed by atoms with E-state index in [9.17, 15) is 43.8 Å². The van der Waals surface area contributed by atoms with Gasteiger partial charge in [-0.25, -0.2) is 24.2 Å². The highest BCUT2D eigenvalue weighted by molar-refractivity contribution is 5.86. The number of rotatable bonds is 28. The van der Waals surface area contributed by atoms with E-state index in [0.717, 1.165) is 12.2 Å². The van der Waals surface area contributed by atoms with Gasteiger partial charge < -0.3 is 51.6 Å². The quantitative estimate of drug-likeness (QED) is 0.0552. The molecule has 0 bridgehead atoms.